The van der Waals surface area contributed by atoms with Gasteiger partial charge in [0.25, 0.3) is 0 Å². The highest BCUT2D eigenvalue weighted by atomic mass is 16.5. The molecule has 0 saturated carbocycles. The van der Waals surface area contributed by atoms with Crippen molar-refractivity contribution in [2.45, 2.75) is 38.9 Å². The topological polar surface area (TPSA) is 46.5 Å². The van der Waals surface area contributed by atoms with Gasteiger partial charge in [0.15, 0.2) is 0 Å². The summed E-state index contributed by atoms with van der Waals surface area (Å²) in [4.78, 5) is 11.0. The average Bonchev–Trinajstić information content (AvgIpc) is 2.60. The zero-order valence-electron chi connectivity index (χ0n) is 8.06. The van der Waals surface area contributed by atoms with E-state index in [1.165, 1.54) is 0 Å². The second-order valence-corrected chi connectivity index (χ2v) is 4.48. The molecule has 0 amide bonds. The lowest BCUT2D eigenvalue weighted by molar-refractivity contribution is -0.145. The van der Waals surface area contributed by atoms with Crippen LogP contribution in [0.15, 0.2) is 0 Å². The number of carbonyl (C=O) groups is 1. The summed E-state index contributed by atoms with van der Waals surface area (Å²) in [5.74, 6) is -0.280. The van der Waals surface area contributed by atoms with Crippen LogP contribution in [0.25, 0.3) is 0 Å². The molecule has 2 saturated heterocycles. The molecule has 2 aliphatic rings. The van der Waals surface area contributed by atoms with Gasteiger partial charge in [0, 0.05) is 5.92 Å². The predicted molar refractivity (Wildman–Crippen MR) is 47.3 cm³/mol. The van der Waals surface area contributed by atoms with Crippen molar-refractivity contribution in [1.29, 1.82) is 0 Å². The fourth-order valence-electron chi connectivity index (χ4n) is 2.88. The number of carboxylic acids is 1. The molecule has 0 aromatic carbocycles. The van der Waals surface area contributed by atoms with Crippen LogP contribution in [0.3, 0.4) is 0 Å². The highest BCUT2D eigenvalue weighted by Gasteiger charge is 2.53. The molecule has 0 aliphatic carbocycles. The van der Waals surface area contributed by atoms with E-state index in [4.69, 9.17) is 9.84 Å². The summed E-state index contributed by atoms with van der Waals surface area (Å²) in [6.07, 6.45) is 2.20. The molecule has 1 N–H and O–H groups in total. The van der Waals surface area contributed by atoms with E-state index in [1.54, 1.807) is 0 Å². The van der Waals surface area contributed by atoms with Gasteiger partial charge < -0.3 is 9.84 Å². The maximum atomic E-state index is 11.0. The van der Waals surface area contributed by atoms with Crippen LogP contribution >= 0.6 is 0 Å². The lowest BCUT2D eigenvalue weighted by Gasteiger charge is -2.27. The molecule has 2 heterocycles. The molecule has 4 unspecified atom stereocenters. The molecule has 2 bridgehead atoms. The van der Waals surface area contributed by atoms with Gasteiger partial charge in [-0.2, -0.15) is 0 Å². The molecular formula is C10H16O3. The maximum absolute atomic E-state index is 11.0. The Morgan fingerprint density at radius 3 is 2.46 bits per heavy atom. The van der Waals surface area contributed by atoms with E-state index in [0.29, 0.717) is 5.92 Å². The van der Waals surface area contributed by atoms with Crippen molar-refractivity contribution in [2.75, 3.05) is 0 Å². The highest BCUT2D eigenvalue weighted by Crippen LogP contribution is 2.46. The van der Waals surface area contributed by atoms with E-state index in [9.17, 15) is 4.79 Å². The van der Waals surface area contributed by atoms with Gasteiger partial charge in [0.2, 0.25) is 0 Å². The van der Waals surface area contributed by atoms with Crippen molar-refractivity contribution in [3.05, 3.63) is 0 Å². The molecule has 74 valence electrons. The monoisotopic (exact) mass is 184 g/mol. The second kappa shape index (κ2) is 2.98. The molecule has 3 heteroatoms. The number of hydrogen-bond acceptors (Lipinski definition) is 2. The van der Waals surface area contributed by atoms with Crippen LogP contribution in [0.5, 0.6) is 0 Å². The van der Waals surface area contributed by atoms with Crippen molar-refractivity contribution >= 4 is 5.97 Å². The van der Waals surface area contributed by atoms with E-state index in [2.05, 4.69) is 13.8 Å². The van der Waals surface area contributed by atoms with E-state index in [0.717, 1.165) is 12.8 Å². The molecule has 2 rings (SSSR count). The Balaban J connectivity index is 2.20. The zero-order valence-corrected chi connectivity index (χ0v) is 8.06. The van der Waals surface area contributed by atoms with Crippen LogP contribution in [0.2, 0.25) is 0 Å². The molecular weight excluding hydrogens is 168 g/mol. The maximum Gasteiger partial charge on any atom is 0.309 e. The van der Waals surface area contributed by atoms with E-state index in [1.807, 2.05) is 0 Å². The zero-order chi connectivity index (χ0) is 9.59. The third kappa shape index (κ3) is 1.26. The first kappa shape index (κ1) is 9.00. The number of aliphatic carboxylic acids is 1. The van der Waals surface area contributed by atoms with Crippen LogP contribution in [-0.4, -0.2) is 23.3 Å². The largest absolute Gasteiger partial charge is 0.481 e. The molecule has 3 nitrogen and oxygen atoms in total. The van der Waals surface area contributed by atoms with Crippen molar-refractivity contribution < 1.29 is 14.6 Å². The highest BCUT2D eigenvalue weighted by molar-refractivity contribution is 5.72. The molecule has 4 atom stereocenters. The summed E-state index contributed by atoms with van der Waals surface area (Å²) in [6, 6.07) is 0. The van der Waals surface area contributed by atoms with Crippen LogP contribution < -0.4 is 0 Å². The number of fused-ring (bicyclic) bond motifs is 2. The Kier molecular flexibility index (Phi) is 2.06. The summed E-state index contributed by atoms with van der Waals surface area (Å²) < 4.78 is 5.64. The summed E-state index contributed by atoms with van der Waals surface area (Å²) in [5, 5.41) is 9.07. The van der Waals surface area contributed by atoms with Gasteiger partial charge in [-0.05, 0) is 18.8 Å². The van der Waals surface area contributed by atoms with Crippen molar-refractivity contribution in [2.24, 2.45) is 17.8 Å². The van der Waals surface area contributed by atoms with Crippen molar-refractivity contribution in [3.8, 4) is 0 Å². The van der Waals surface area contributed by atoms with Crippen LogP contribution in [0.1, 0.15) is 26.7 Å². The summed E-state index contributed by atoms with van der Waals surface area (Å²) in [7, 11) is 0. The summed E-state index contributed by atoms with van der Waals surface area (Å²) in [5.41, 5.74) is 0. The van der Waals surface area contributed by atoms with Gasteiger partial charge in [-0.1, -0.05) is 13.8 Å². The molecule has 0 aromatic rings. The van der Waals surface area contributed by atoms with E-state index >= 15 is 0 Å². The van der Waals surface area contributed by atoms with E-state index in [-0.39, 0.29) is 24.0 Å². The summed E-state index contributed by atoms with van der Waals surface area (Å²) >= 11 is 0. The minimum Gasteiger partial charge on any atom is -0.481 e. The quantitative estimate of drug-likeness (QED) is 0.707. The van der Waals surface area contributed by atoms with Gasteiger partial charge in [-0.15, -0.1) is 0 Å². The van der Waals surface area contributed by atoms with Crippen LogP contribution in [-0.2, 0) is 9.53 Å². The Morgan fingerprint density at radius 1 is 1.38 bits per heavy atom. The smallest absolute Gasteiger partial charge is 0.309 e. The standard InChI is InChI=1S/C10H16O3/c1-5(2)8-6-3-4-7(13-6)9(8)10(11)12/h5-9H,3-4H2,1-2H3,(H,11,12). The second-order valence-electron chi connectivity index (χ2n) is 4.48. The third-order valence-electron chi connectivity index (χ3n) is 3.38. The number of rotatable bonds is 2. The molecule has 0 aromatic heterocycles. The fourth-order valence-corrected chi connectivity index (χ4v) is 2.88. The predicted octanol–water partition coefficient (Wildman–Crippen LogP) is 1.52. The van der Waals surface area contributed by atoms with Crippen LogP contribution in [0.4, 0.5) is 0 Å². The average molecular weight is 184 g/mol. The molecule has 0 spiro atoms. The lowest BCUT2D eigenvalue weighted by Crippen LogP contribution is -2.36. The minimum atomic E-state index is -0.675. The van der Waals surface area contributed by atoms with Crippen molar-refractivity contribution in [1.82, 2.24) is 0 Å². The molecule has 2 aliphatic heterocycles. The van der Waals surface area contributed by atoms with Gasteiger partial charge in [-0.3, -0.25) is 4.79 Å². The molecule has 2 fully saturated rings. The Hall–Kier alpha value is -0.570. The molecule has 13 heavy (non-hydrogen) atoms. The summed E-state index contributed by atoms with van der Waals surface area (Å²) in [6.45, 7) is 4.18. The SMILES string of the molecule is CC(C)C1C2CCC(O2)C1C(=O)O. The Labute approximate surface area is 78.1 Å². The van der Waals surface area contributed by atoms with E-state index < -0.39 is 5.97 Å². The van der Waals surface area contributed by atoms with Gasteiger partial charge in [-0.25, -0.2) is 0 Å². The first-order valence-electron chi connectivity index (χ1n) is 4.99. The first-order valence-corrected chi connectivity index (χ1v) is 4.99. The third-order valence-corrected chi connectivity index (χ3v) is 3.38. The van der Waals surface area contributed by atoms with Crippen LogP contribution in [0, 0.1) is 17.8 Å². The first-order chi connectivity index (χ1) is 6.11. The van der Waals surface area contributed by atoms with Gasteiger partial charge in [0.05, 0.1) is 18.1 Å². The normalized spacial score (nSPS) is 43.0. The number of hydrogen-bond donors (Lipinski definition) is 1. The number of carboxylic acid groups (broad SMARTS) is 1. The van der Waals surface area contributed by atoms with Gasteiger partial charge >= 0.3 is 5.97 Å². The Bertz CT molecular complexity index is 224. The number of ether oxygens (including phenoxy) is 1. The molecule has 0 radical (unpaired) electrons. The minimum absolute atomic E-state index is 0.00472. The lowest BCUT2D eigenvalue weighted by atomic mass is 9.73. The van der Waals surface area contributed by atoms with Gasteiger partial charge in [0.1, 0.15) is 0 Å². The fraction of sp³-hybridized carbons (Fsp3) is 0.900. The van der Waals surface area contributed by atoms with Crippen molar-refractivity contribution in [3.63, 3.8) is 0 Å². The Morgan fingerprint density at radius 2 is 2.00 bits per heavy atom.